The maximum absolute atomic E-state index is 14.3. The fourth-order valence-corrected chi connectivity index (χ4v) is 5.02. The molecule has 31 heavy (non-hydrogen) atoms. The molecular weight excluding hydrogens is 393 g/mol. The van der Waals surface area contributed by atoms with Crippen LogP contribution in [0.1, 0.15) is 67.9 Å². The second-order valence-corrected chi connectivity index (χ2v) is 9.15. The Morgan fingerprint density at radius 3 is 2.58 bits per heavy atom. The number of carbonyl (C=O) groups is 1. The molecule has 0 unspecified atom stereocenters. The van der Waals surface area contributed by atoms with Crippen LogP contribution < -0.4 is 10.1 Å². The van der Waals surface area contributed by atoms with Crippen molar-refractivity contribution in [1.82, 2.24) is 0 Å². The minimum atomic E-state index is -0.723. The molecule has 166 valence electrons. The van der Waals surface area contributed by atoms with Crippen molar-refractivity contribution in [3.05, 3.63) is 59.4 Å². The molecule has 0 spiro atoms. The van der Waals surface area contributed by atoms with Crippen LogP contribution >= 0.6 is 0 Å². The first-order valence-electron chi connectivity index (χ1n) is 11.4. The first kappa shape index (κ1) is 21.7. The molecule has 0 aliphatic heterocycles. The van der Waals surface area contributed by atoms with Crippen molar-refractivity contribution < 1.29 is 19.0 Å². The number of methoxy groups -OCH3 is 1. The van der Waals surface area contributed by atoms with Gasteiger partial charge in [-0.1, -0.05) is 12.1 Å². The van der Waals surface area contributed by atoms with Gasteiger partial charge in [0, 0.05) is 12.2 Å². The second kappa shape index (κ2) is 9.71. The van der Waals surface area contributed by atoms with Crippen LogP contribution in [0.3, 0.4) is 0 Å². The number of halogens is 1. The van der Waals surface area contributed by atoms with Crippen molar-refractivity contribution in [1.29, 1.82) is 0 Å². The highest BCUT2D eigenvalue weighted by molar-refractivity contribution is 5.68. The lowest BCUT2D eigenvalue weighted by atomic mass is 9.78. The summed E-state index contributed by atoms with van der Waals surface area (Å²) in [6.45, 7) is 0.893. The molecule has 2 N–H and O–H groups in total. The smallest absolute Gasteiger partial charge is 0.303 e. The fourth-order valence-electron chi connectivity index (χ4n) is 5.02. The molecule has 2 fully saturated rings. The Bertz CT molecular complexity index is 903. The van der Waals surface area contributed by atoms with Crippen molar-refractivity contribution in [3.8, 4) is 5.75 Å². The maximum atomic E-state index is 14.3. The largest absolute Gasteiger partial charge is 0.497 e. The van der Waals surface area contributed by atoms with Crippen LogP contribution in [0.25, 0.3) is 0 Å². The summed E-state index contributed by atoms with van der Waals surface area (Å²) in [5, 5.41) is 12.8. The topological polar surface area (TPSA) is 58.6 Å². The number of aliphatic carboxylic acids is 1. The van der Waals surface area contributed by atoms with E-state index >= 15 is 0 Å². The SMILES string of the molecule is COc1ccc(F)c([C@H]2CC[C@@H](CNc3cccc([C@@H](CC(=O)O)C4CC4)c3)CC2)c1. The lowest BCUT2D eigenvalue weighted by Gasteiger charge is -2.29. The van der Waals surface area contributed by atoms with E-state index in [1.165, 1.54) is 6.07 Å². The Hall–Kier alpha value is -2.56. The van der Waals surface area contributed by atoms with Gasteiger partial charge in [-0.05, 0) is 104 Å². The van der Waals surface area contributed by atoms with Crippen LogP contribution in [-0.4, -0.2) is 24.7 Å². The summed E-state index contributed by atoms with van der Waals surface area (Å²) in [7, 11) is 1.61. The lowest BCUT2D eigenvalue weighted by molar-refractivity contribution is -0.137. The molecule has 0 heterocycles. The summed E-state index contributed by atoms with van der Waals surface area (Å²) in [6.07, 6.45) is 6.57. The number of hydrogen-bond acceptors (Lipinski definition) is 3. The normalized spacial score (nSPS) is 22.0. The van der Waals surface area contributed by atoms with Gasteiger partial charge in [-0.2, -0.15) is 0 Å². The molecule has 4 nitrogen and oxygen atoms in total. The summed E-state index contributed by atoms with van der Waals surface area (Å²) in [6, 6.07) is 13.3. The van der Waals surface area contributed by atoms with E-state index in [1.807, 2.05) is 12.1 Å². The third kappa shape index (κ3) is 5.57. The maximum Gasteiger partial charge on any atom is 0.303 e. The van der Waals surface area contributed by atoms with Gasteiger partial charge in [-0.25, -0.2) is 4.39 Å². The van der Waals surface area contributed by atoms with Crippen LogP contribution in [0, 0.1) is 17.7 Å². The zero-order valence-electron chi connectivity index (χ0n) is 18.1. The molecular formula is C26H32FNO3. The summed E-state index contributed by atoms with van der Waals surface area (Å²) in [5.74, 6) is 1.31. The summed E-state index contributed by atoms with van der Waals surface area (Å²) in [5.41, 5.74) is 2.98. The number of rotatable bonds is 9. The van der Waals surface area contributed by atoms with Crippen LogP contribution in [0.15, 0.2) is 42.5 Å². The van der Waals surface area contributed by atoms with Crippen molar-refractivity contribution in [3.63, 3.8) is 0 Å². The van der Waals surface area contributed by atoms with Gasteiger partial charge in [-0.3, -0.25) is 4.79 Å². The molecule has 2 saturated carbocycles. The average Bonchev–Trinajstić information content (AvgIpc) is 3.62. The van der Waals surface area contributed by atoms with Gasteiger partial charge in [-0.15, -0.1) is 0 Å². The number of nitrogens with one attached hydrogen (secondary N) is 1. The van der Waals surface area contributed by atoms with Crippen molar-refractivity contribution in [2.45, 2.75) is 56.8 Å². The number of ether oxygens (including phenoxy) is 1. The highest BCUT2D eigenvalue weighted by atomic mass is 19.1. The zero-order chi connectivity index (χ0) is 21.8. The van der Waals surface area contributed by atoms with E-state index in [0.717, 1.165) is 61.9 Å². The molecule has 0 aromatic heterocycles. The van der Waals surface area contributed by atoms with E-state index in [-0.39, 0.29) is 24.1 Å². The second-order valence-electron chi connectivity index (χ2n) is 9.15. The average molecular weight is 426 g/mol. The Kier molecular flexibility index (Phi) is 6.79. The Labute approximate surface area is 183 Å². The monoisotopic (exact) mass is 425 g/mol. The third-order valence-electron chi connectivity index (χ3n) is 6.98. The molecule has 2 aromatic carbocycles. The van der Waals surface area contributed by atoms with Crippen LogP contribution in [0.5, 0.6) is 5.75 Å². The molecule has 0 amide bonds. The van der Waals surface area contributed by atoms with Gasteiger partial charge in [0.1, 0.15) is 11.6 Å². The number of benzene rings is 2. The first-order valence-corrected chi connectivity index (χ1v) is 11.4. The van der Waals surface area contributed by atoms with Crippen molar-refractivity contribution >= 4 is 11.7 Å². The van der Waals surface area contributed by atoms with E-state index in [0.29, 0.717) is 17.6 Å². The first-order chi connectivity index (χ1) is 15.0. The minimum Gasteiger partial charge on any atom is -0.497 e. The van der Waals surface area contributed by atoms with Gasteiger partial charge in [0.05, 0.1) is 13.5 Å². The molecule has 1 atom stereocenters. The molecule has 0 saturated heterocycles. The molecule has 5 heteroatoms. The van der Waals surface area contributed by atoms with E-state index in [2.05, 4.69) is 23.5 Å². The van der Waals surface area contributed by atoms with Crippen LogP contribution in [0.2, 0.25) is 0 Å². The molecule has 0 bridgehead atoms. The van der Waals surface area contributed by atoms with Gasteiger partial charge in [0.25, 0.3) is 0 Å². The van der Waals surface area contributed by atoms with E-state index < -0.39 is 5.97 Å². The van der Waals surface area contributed by atoms with Crippen LogP contribution in [0.4, 0.5) is 10.1 Å². The van der Waals surface area contributed by atoms with E-state index in [4.69, 9.17) is 4.74 Å². The molecule has 2 aliphatic rings. The molecule has 4 rings (SSSR count). The summed E-state index contributed by atoms with van der Waals surface area (Å²) >= 11 is 0. The van der Waals surface area contributed by atoms with Crippen molar-refractivity contribution in [2.75, 3.05) is 19.0 Å². The predicted octanol–water partition coefficient (Wildman–Crippen LogP) is 6.19. The zero-order valence-corrected chi connectivity index (χ0v) is 18.1. The Morgan fingerprint density at radius 1 is 1.13 bits per heavy atom. The van der Waals surface area contributed by atoms with Gasteiger partial charge in [0.2, 0.25) is 0 Å². The summed E-state index contributed by atoms with van der Waals surface area (Å²) < 4.78 is 19.6. The van der Waals surface area contributed by atoms with Gasteiger partial charge >= 0.3 is 5.97 Å². The Balaban J connectivity index is 1.31. The molecule has 2 aliphatic carbocycles. The third-order valence-corrected chi connectivity index (χ3v) is 6.98. The highest BCUT2D eigenvalue weighted by Crippen LogP contribution is 2.45. The standard InChI is InChI=1S/C26H32FNO3/c1-31-22-11-12-25(27)24(14-22)19-7-5-17(6-8-19)16-28-21-4-2-3-20(13-21)23(15-26(29)30)18-9-10-18/h2-4,11-14,17-19,23,28H,5-10,15-16H2,1H3,(H,29,30)/t17-,19+,23-/m0/s1. The van der Waals surface area contributed by atoms with E-state index in [9.17, 15) is 14.3 Å². The lowest BCUT2D eigenvalue weighted by Crippen LogP contribution is -2.21. The van der Waals surface area contributed by atoms with Gasteiger partial charge < -0.3 is 15.2 Å². The molecule has 2 aromatic rings. The predicted molar refractivity (Wildman–Crippen MR) is 120 cm³/mol. The number of anilines is 1. The number of hydrogen-bond donors (Lipinski definition) is 2. The quantitative estimate of drug-likeness (QED) is 0.503. The number of carboxylic acids is 1. The summed E-state index contributed by atoms with van der Waals surface area (Å²) in [4.78, 5) is 11.3. The minimum absolute atomic E-state index is 0.118. The molecule has 0 radical (unpaired) electrons. The van der Waals surface area contributed by atoms with Gasteiger partial charge in [0.15, 0.2) is 0 Å². The van der Waals surface area contributed by atoms with Crippen LogP contribution in [-0.2, 0) is 4.79 Å². The van der Waals surface area contributed by atoms with Crippen molar-refractivity contribution in [2.24, 2.45) is 11.8 Å². The Morgan fingerprint density at radius 2 is 1.90 bits per heavy atom. The fraction of sp³-hybridized carbons (Fsp3) is 0.500. The highest BCUT2D eigenvalue weighted by Gasteiger charge is 2.33. The van der Waals surface area contributed by atoms with E-state index in [1.54, 1.807) is 13.2 Å². The number of carboxylic acid groups (broad SMARTS) is 1.